The molecule has 0 radical (unpaired) electrons. The number of nitriles is 1. The second-order valence-corrected chi connectivity index (χ2v) is 6.54. The lowest BCUT2D eigenvalue weighted by molar-refractivity contribution is 0.402. The first-order valence-electron chi connectivity index (χ1n) is 9.23. The third-order valence-corrected chi connectivity index (χ3v) is 4.54. The van der Waals surface area contributed by atoms with Gasteiger partial charge in [0.1, 0.15) is 5.75 Å². The second kappa shape index (κ2) is 10.4. The van der Waals surface area contributed by atoms with Gasteiger partial charge < -0.3 is 25.4 Å². The highest BCUT2D eigenvalue weighted by Gasteiger charge is 2.16. The Morgan fingerprint density at radius 1 is 1.18 bits per heavy atom. The lowest BCUT2D eigenvalue weighted by atomic mass is 9.83. The normalized spacial score (nSPS) is 10.2. The Bertz CT molecular complexity index is 832. The number of nitrogens with two attached hydrogens (primary N) is 1. The third-order valence-electron chi connectivity index (χ3n) is 4.54. The zero-order chi connectivity index (χ0) is 20.5. The largest absolute Gasteiger partial charge is 0.497 e. The van der Waals surface area contributed by atoms with Gasteiger partial charge in [-0.05, 0) is 60.8 Å². The van der Waals surface area contributed by atoms with Gasteiger partial charge in [0, 0.05) is 12.2 Å². The standard InChI is InChI=1S/C21H26BN3O3/c1-16(18-7-9-19(28-2)10-8-18)25(13-5-3-4-12-22(26)27)21-11-6-17(15-23)14-20(21)24/h6-11,14,26-27H,1,3-5,12-13,24H2,2H3. The molecular weight excluding hydrogens is 353 g/mol. The van der Waals surface area contributed by atoms with Crippen LogP contribution < -0.4 is 15.4 Å². The quantitative estimate of drug-likeness (QED) is 0.333. The van der Waals surface area contributed by atoms with Gasteiger partial charge in [-0.3, -0.25) is 0 Å². The van der Waals surface area contributed by atoms with Crippen LogP contribution in [0, 0.1) is 11.3 Å². The van der Waals surface area contributed by atoms with Crippen molar-refractivity contribution in [3.05, 3.63) is 60.2 Å². The van der Waals surface area contributed by atoms with Gasteiger partial charge in [0.15, 0.2) is 0 Å². The fraction of sp³-hybridized carbons (Fsp3) is 0.286. The molecule has 28 heavy (non-hydrogen) atoms. The maximum atomic E-state index is 9.08. The summed E-state index contributed by atoms with van der Waals surface area (Å²) in [6, 6.07) is 15.0. The van der Waals surface area contributed by atoms with E-state index in [4.69, 9.17) is 25.8 Å². The minimum atomic E-state index is -1.26. The first-order chi connectivity index (χ1) is 13.5. The molecule has 0 bridgehead atoms. The van der Waals surface area contributed by atoms with E-state index in [1.54, 1.807) is 19.2 Å². The maximum Gasteiger partial charge on any atom is 0.451 e. The molecule has 0 fully saturated rings. The highest BCUT2D eigenvalue weighted by Crippen LogP contribution is 2.32. The van der Waals surface area contributed by atoms with Gasteiger partial charge in [-0.2, -0.15) is 5.26 Å². The third kappa shape index (κ3) is 5.78. The Balaban J connectivity index is 2.22. The Kier molecular flexibility index (Phi) is 7.94. The molecule has 2 aromatic carbocycles. The molecule has 7 heteroatoms. The van der Waals surface area contributed by atoms with Crippen LogP contribution in [0.1, 0.15) is 30.4 Å². The molecule has 0 saturated heterocycles. The molecule has 0 unspecified atom stereocenters. The van der Waals surface area contributed by atoms with Crippen molar-refractivity contribution in [1.82, 2.24) is 0 Å². The highest BCUT2D eigenvalue weighted by atomic mass is 16.5. The molecule has 0 saturated carbocycles. The van der Waals surface area contributed by atoms with Crippen molar-refractivity contribution in [3.8, 4) is 11.8 Å². The number of rotatable bonds is 10. The summed E-state index contributed by atoms with van der Waals surface area (Å²) < 4.78 is 5.22. The van der Waals surface area contributed by atoms with Crippen LogP contribution in [0.3, 0.4) is 0 Å². The van der Waals surface area contributed by atoms with E-state index in [1.807, 2.05) is 35.2 Å². The van der Waals surface area contributed by atoms with Crippen LogP contribution in [0.25, 0.3) is 5.70 Å². The summed E-state index contributed by atoms with van der Waals surface area (Å²) in [6.45, 7) is 4.92. The molecule has 0 amide bonds. The first kappa shape index (κ1) is 21.4. The Morgan fingerprint density at radius 3 is 2.46 bits per heavy atom. The molecule has 6 nitrogen and oxygen atoms in total. The zero-order valence-electron chi connectivity index (χ0n) is 16.1. The molecule has 0 aromatic heterocycles. The Morgan fingerprint density at radius 2 is 1.89 bits per heavy atom. The Labute approximate surface area is 166 Å². The molecule has 0 aliphatic rings. The van der Waals surface area contributed by atoms with Crippen molar-refractivity contribution >= 4 is 24.2 Å². The van der Waals surface area contributed by atoms with E-state index >= 15 is 0 Å². The minimum absolute atomic E-state index is 0.360. The van der Waals surface area contributed by atoms with E-state index in [0.29, 0.717) is 24.1 Å². The van der Waals surface area contributed by atoms with Gasteiger partial charge in [0.2, 0.25) is 0 Å². The molecule has 4 N–H and O–H groups in total. The molecular formula is C21H26BN3O3. The fourth-order valence-corrected chi connectivity index (χ4v) is 2.98. The van der Waals surface area contributed by atoms with Crippen LogP contribution in [0.15, 0.2) is 49.0 Å². The number of ether oxygens (including phenoxy) is 1. The van der Waals surface area contributed by atoms with Crippen LogP contribution in [0.2, 0.25) is 6.32 Å². The summed E-state index contributed by atoms with van der Waals surface area (Å²) in [6.07, 6.45) is 2.77. The number of benzene rings is 2. The maximum absolute atomic E-state index is 9.08. The van der Waals surface area contributed by atoms with E-state index in [2.05, 4.69) is 12.6 Å². The van der Waals surface area contributed by atoms with Gasteiger partial charge >= 0.3 is 7.12 Å². The average molecular weight is 379 g/mol. The number of hydrogen-bond acceptors (Lipinski definition) is 6. The average Bonchev–Trinajstić information content (AvgIpc) is 2.70. The molecule has 0 aliphatic carbocycles. The van der Waals surface area contributed by atoms with Gasteiger partial charge in [0.05, 0.1) is 30.1 Å². The SMILES string of the molecule is C=C(c1ccc(OC)cc1)N(CCCCCB(O)O)c1ccc(C#N)cc1N. The van der Waals surface area contributed by atoms with Crippen molar-refractivity contribution < 1.29 is 14.8 Å². The van der Waals surface area contributed by atoms with Crippen molar-refractivity contribution in [1.29, 1.82) is 5.26 Å². The summed E-state index contributed by atoms with van der Waals surface area (Å²) in [4.78, 5) is 2.04. The number of anilines is 2. The van der Waals surface area contributed by atoms with E-state index < -0.39 is 7.12 Å². The molecule has 0 aliphatic heterocycles. The Hall–Kier alpha value is -2.95. The molecule has 0 spiro atoms. The van der Waals surface area contributed by atoms with Crippen LogP contribution in [-0.4, -0.2) is 30.8 Å². The summed E-state index contributed by atoms with van der Waals surface area (Å²) in [5, 5.41) is 27.0. The van der Waals surface area contributed by atoms with Gasteiger partial charge in [0.25, 0.3) is 0 Å². The predicted molar refractivity (Wildman–Crippen MR) is 114 cm³/mol. The summed E-state index contributed by atoms with van der Waals surface area (Å²) >= 11 is 0. The first-order valence-corrected chi connectivity index (χ1v) is 9.23. The lowest BCUT2D eigenvalue weighted by Crippen LogP contribution is -2.23. The van der Waals surface area contributed by atoms with E-state index in [-0.39, 0.29) is 0 Å². The molecule has 0 atom stereocenters. The molecule has 0 heterocycles. The number of nitrogen functional groups attached to an aromatic ring is 1. The van der Waals surface area contributed by atoms with Crippen molar-refractivity contribution in [3.63, 3.8) is 0 Å². The van der Waals surface area contributed by atoms with Crippen LogP contribution in [0.5, 0.6) is 5.75 Å². The summed E-state index contributed by atoms with van der Waals surface area (Å²) in [7, 11) is 0.358. The van der Waals surface area contributed by atoms with Gasteiger partial charge in [-0.15, -0.1) is 0 Å². The highest BCUT2D eigenvalue weighted by molar-refractivity contribution is 6.40. The van der Waals surface area contributed by atoms with Gasteiger partial charge in [-0.1, -0.05) is 19.4 Å². The summed E-state index contributed by atoms with van der Waals surface area (Å²) in [5.74, 6) is 0.767. The number of hydrogen-bond donors (Lipinski definition) is 3. The van der Waals surface area contributed by atoms with Crippen LogP contribution in [-0.2, 0) is 0 Å². The lowest BCUT2D eigenvalue weighted by Gasteiger charge is -2.28. The van der Waals surface area contributed by atoms with E-state index in [1.165, 1.54) is 0 Å². The predicted octanol–water partition coefficient (Wildman–Crippen LogP) is 3.27. The second-order valence-electron chi connectivity index (χ2n) is 6.54. The van der Waals surface area contributed by atoms with E-state index in [0.717, 1.165) is 42.0 Å². The molecule has 2 rings (SSSR count). The van der Waals surface area contributed by atoms with E-state index in [9.17, 15) is 0 Å². The molecule has 2 aromatic rings. The van der Waals surface area contributed by atoms with Gasteiger partial charge in [-0.25, -0.2) is 0 Å². The van der Waals surface area contributed by atoms with Crippen LogP contribution >= 0.6 is 0 Å². The van der Waals surface area contributed by atoms with Crippen molar-refractivity contribution in [2.75, 3.05) is 24.3 Å². The zero-order valence-corrected chi connectivity index (χ0v) is 16.1. The monoisotopic (exact) mass is 379 g/mol. The number of nitrogens with zero attached hydrogens (tertiary/aromatic N) is 2. The van der Waals surface area contributed by atoms with Crippen LogP contribution in [0.4, 0.5) is 11.4 Å². The fourth-order valence-electron chi connectivity index (χ4n) is 2.98. The molecule has 146 valence electrons. The summed E-state index contributed by atoms with van der Waals surface area (Å²) in [5.41, 5.74) is 9.76. The topological polar surface area (TPSA) is 103 Å². The van der Waals surface area contributed by atoms with Crippen molar-refractivity contribution in [2.45, 2.75) is 25.6 Å². The number of methoxy groups -OCH3 is 1. The minimum Gasteiger partial charge on any atom is -0.497 e. The smallest absolute Gasteiger partial charge is 0.451 e. The van der Waals surface area contributed by atoms with Crippen molar-refractivity contribution in [2.24, 2.45) is 0 Å². The number of unbranched alkanes of at least 4 members (excludes halogenated alkanes) is 2.